The van der Waals surface area contributed by atoms with Gasteiger partial charge < -0.3 is 10.1 Å². The number of nitro benzene ring substituents is 1. The second kappa shape index (κ2) is 7.77. The highest BCUT2D eigenvalue weighted by molar-refractivity contribution is 5.98. The summed E-state index contributed by atoms with van der Waals surface area (Å²) >= 11 is 0. The van der Waals surface area contributed by atoms with E-state index in [0.29, 0.717) is 11.1 Å². The number of nitrogens with one attached hydrogen (secondary N) is 1. The van der Waals surface area contributed by atoms with Gasteiger partial charge in [-0.15, -0.1) is 0 Å². The van der Waals surface area contributed by atoms with Crippen molar-refractivity contribution in [1.29, 1.82) is 0 Å². The predicted octanol–water partition coefficient (Wildman–Crippen LogP) is 3.62. The van der Waals surface area contributed by atoms with Crippen LogP contribution in [-0.2, 0) is 9.53 Å². The molecular formula is C19H20N2O5. The Morgan fingerprint density at radius 3 is 2.35 bits per heavy atom. The highest BCUT2D eigenvalue weighted by Gasteiger charge is 2.20. The van der Waals surface area contributed by atoms with Gasteiger partial charge in [0.05, 0.1) is 10.5 Å². The lowest BCUT2D eigenvalue weighted by molar-refractivity contribution is -0.384. The molecule has 0 spiro atoms. The molecule has 0 aromatic heterocycles. The van der Waals surface area contributed by atoms with Gasteiger partial charge >= 0.3 is 5.97 Å². The molecule has 26 heavy (non-hydrogen) atoms. The van der Waals surface area contributed by atoms with Gasteiger partial charge in [-0.25, -0.2) is 4.79 Å². The summed E-state index contributed by atoms with van der Waals surface area (Å²) in [4.78, 5) is 34.9. The first kappa shape index (κ1) is 19.1. The number of nitro groups is 1. The van der Waals surface area contributed by atoms with E-state index in [-0.39, 0.29) is 11.4 Å². The van der Waals surface area contributed by atoms with Crippen molar-refractivity contribution in [3.05, 3.63) is 68.3 Å². The monoisotopic (exact) mass is 356 g/mol. The van der Waals surface area contributed by atoms with Crippen molar-refractivity contribution in [3.63, 3.8) is 0 Å². The van der Waals surface area contributed by atoms with Crippen molar-refractivity contribution in [3.8, 4) is 0 Å². The number of anilines is 1. The van der Waals surface area contributed by atoms with E-state index < -0.39 is 23.4 Å². The first-order chi connectivity index (χ1) is 12.2. The fraction of sp³-hybridized carbons (Fsp3) is 0.263. The number of benzene rings is 2. The first-order valence-corrected chi connectivity index (χ1v) is 8.00. The van der Waals surface area contributed by atoms with Crippen molar-refractivity contribution >= 4 is 23.3 Å². The number of hydrogen-bond donors (Lipinski definition) is 1. The lowest BCUT2D eigenvalue weighted by atomic mass is 10.0. The van der Waals surface area contributed by atoms with Crippen LogP contribution in [0.5, 0.6) is 0 Å². The van der Waals surface area contributed by atoms with Gasteiger partial charge in [0.2, 0.25) is 0 Å². The van der Waals surface area contributed by atoms with E-state index in [2.05, 4.69) is 5.32 Å². The summed E-state index contributed by atoms with van der Waals surface area (Å²) in [7, 11) is 0. The molecule has 2 aromatic carbocycles. The maximum atomic E-state index is 12.2. The van der Waals surface area contributed by atoms with Gasteiger partial charge in [-0.3, -0.25) is 14.9 Å². The van der Waals surface area contributed by atoms with Crippen LogP contribution in [0.2, 0.25) is 0 Å². The smallest absolute Gasteiger partial charge is 0.338 e. The molecule has 0 heterocycles. The van der Waals surface area contributed by atoms with Gasteiger partial charge in [-0.2, -0.15) is 0 Å². The van der Waals surface area contributed by atoms with Crippen molar-refractivity contribution in [2.45, 2.75) is 27.7 Å². The minimum Gasteiger partial charge on any atom is -0.452 e. The van der Waals surface area contributed by atoms with Crippen molar-refractivity contribution < 1.29 is 19.2 Å². The molecule has 0 saturated heterocycles. The Hall–Kier alpha value is -3.22. The van der Waals surface area contributed by atoms with Crippen LogP contribution in [0, 0.1) is 37.8 Å². The van der Waals surface area contributed by atoms with Gasteiger partial charge in [-0.05, 0) is 56.0 Å². The summed E-state index contributed by atoms with van der Waals surface area (Å²) in [5.74, 6) is -1.25. The average molecular weight is 356 g/mol. The van der Waals surface area contributed by atoms with Gasteiger partial charge in [0.15, 0.2) is 6.61 Å². The highest BCUT2D eigenvalue weighted by Crippen LogP contribution is 2.30. The van der Waals surface area contributed by atoms with Crippen LogP contribution in [0.4, 0.5) is 11.4 Å². The van der Waals surface area contributed by atoms with Crippen LogP contribution in [0.15, 0.2) is 30.3 Å². The first-order valence-electron chi connectivity index (χ1n) is 8.00. The Morgan fingerprint density at radius 1 is 1.04 bits per heavy atom. The van der Waals surface area contributed by atoms with Crippen LogP contribution in [0.25, 0.3) is 0 Å². The summed E-state index contributed by atoms with van der Waals surface area (Å²) in [6.45, 7) is 6.61. The Balaban J connectivity index is 2.10. The molecule has 1 amide bonds. The Morgan fingerprint density at radius 2 is 1.69 bits per heavy atom. The number of amides is 1. The zero-order valence-electron chi connectivity index (χ0n) is 15.1. The molecule has 0 aliphatic rings. The van der Waals surface area contributed by atoms with E-state index in [1.54, 1.807) is 39.0 Å². The molecule has 0 aliphatic heterocycles. The van der Waals surface area contributed by atoms with Crippen molar-refractivity contribution in [1.82, 2.24) is 0 Å². The third-order valence-corrected chi connectivity index (χ3v) is 4.33. The Labute approximate surface area is 151 Å². The van der Waals surface area contributed by atoms with Gasteiger partial charge in [0.1, 0.15) is 5.69 Å². The predicted molar refractivity (Wildman–Crippen MR) is 97.4 cm³/mol. The lowest BCUT2D eigenvalue weighted by Crippen LogP contribution is -2.22. The number of rotatable bonds is 5. The highest BCUT2D eigenvalue weighted by atomic mass is 16.6. The zero-order valence-corrected chi connectivity index (χ0v) is 15.1. The van der Waals surface area contributed by atoms with E-state index in [4.69, 9.17) is 4.74 Å². The SMILES string of the molecule is Cc1cccc(C(=O)OCC(=O)Nc2c([N+](=O)[O-])ccc(C)c2C)c1C. The standard InChI is InChI=1S/C19H20N2O5/c1-11-6-5-7-15(13(11)3)19(23)26-10-17(22)20-18-14(4)12(2)8-9-16(18)21(24)25/h5-9H,10H2,1-4H3,(H,20,22). The van der Waals surface area contributed by atoms with E-state index in [1.165, 1.54) is 6.07 Å². The Kier molecular flexibility index (Phi) is 5.71. The average Bonchev–Trinajstić information content (AvgIpc) is 2.59. The molecule has 7 nitrogen and oxygen atoms in total. The molecule has 1 N–H and O–H groups in total. The minimum atomic E-state index is -0.638. The molecule has 0 bridgehead atoms. The summed E-state index contributed by atoms with van der Waals surface area (Å²) in [5, 5.41) is 13.6. The minimum absolute atomic E-state index is 0.114. The van der Waals surface area contributed by atoms with Crippen LogP contribution < -0.4 is 5.32 Å². The zero-order chi connectivity index (χ0) is 19.4. The van der Waals surface area contributed by atoms with E-state index in [1.807, 2.05) is 13.0 Å². The topological polar surface area (TPSA) is 98.5 Å². The summed E-state index contributed by atoms with van der Waals surface area (Å²) in [5.41, 5.74) is 3.41. The Bertz CT molecular complexity index is 890. The fourth-order valence-corrected chi connectivity index (χ4v) is 2.47. The van der Waals surface area contributed by atoms with Gasteiger partial charge in [-0.1, -0.05) is 18.2 Å². The van der Waals surface area contributed by atoms with Crippen LogP contribution in [0.3, 0.4) is 0 Å². The summed E-state index contributed by atoms with van der Waals surface area (Å²) in [6, 6.07) is 8.18. The number of esters is 1. The molecule has 2 aromatic rings. The number of hydrogen-bond acceptors (Lipinski definition) is 5. The molecular weight excluding hydrogens is 336 g/mol. The lowest BCUT2D eigenvalue weighted by Gasteiger charge is -2.12. The molecule has 0 atom stereocenters. The number of carbonyl (C=O) groups is 2. The quantitative estimate of drug-likeness (QED) is 0.501. The summed E-state index contributed by atoms with van der Waals surface area (Å²) in [6.07, 6.45) is 0. The molecule has 2 rings (SSSR count). The largest absolute Gasteiger partial charge is 0.452 e. The maximum absolute atomic E-state index is 12.2. The molecule has 0 unspecified atom stereocenters. The molecule has 0 fully saturated rings. The fourth-order valence-electron chi connectivity index (χ4n) is 2.47. The van der Waals surface area contributed by atoms with Crippen molar-refractivity contribution in [2.24, 2.45) is 0 Å². The molecule has 136 valence electrons. The molecule has 0 saturated carbocycles. The third-order valence-electron chi connectivity index (χ3n) is 4.33. The van der Waals surface area contributed by atoms with E-state index >= 15 is 0 Å². The van der Waals surface area contributed by atoms with Gasteiger partial charge in [0, 0.05) is 6.07 Å². The van der Waals surface area contributed by atoms with Crippen LogP contribution >= 0.6 is 0 Å². The number of carbonyl (C=O) groups excluding carboxylic acids is 2. The van der Waals surface area contributed by atoms with Crippen LogP contribution in [0.1, 0.15) is 32.6 Å². The molecule has 0 aliphatic carbocycles. The van der Waals surface area contributed by atoms with E-state index in [0.717, 1.165) is 16.7 Å². The maximum Gasteiger partial charge on any atom is 0.338 e. The molecule has 0 radical (unpaired) electrons. The van der Waals surface area contributed by atoms with E-state index in [9.17, 15) is 19.7 Å². The number of aryl methyl sites for hydroxylation is 2. The third kappa shape index (κ3) is 4.05. The van der Waals surface area contributed by atoms with Gasteiger partial charge in [0.25, 0.3) is 11.6 Å². The second-order valence-corrected chi connectivity index (χ2v) is 6.03. The van der Waals surface area contributed by atoms with Crippen molar-refractivity contribution in [2.75, 3.05) is 11.9 Å². The summed E-state index contributed by atoms with van der Waals surface area (Å²) < 4.78 is 5.05. The number of nitrogens with zero attached hydrogens (tertiary/aromatic N) is 1. The number of ether oxygens (including phenoxy) is 1. The second-order valence-electron chi connectivity index (χ2n) is 6.03. The van der Waals surface area contributed by atoms with Crippen LogP contribution in [-0.4, -0.2) is 23.4 Å². The normalized spacial score (nSPS) is 10.3. The molecule has 7 heteroatoms.